The highest BCUT2D eigenvalue weighted by molar-refractivity contribution is 5.64. The largest absolute Gasteiger partial charge is 0.391 e. The van der Waals surface area contributed by atoms with Gasteiger partial charge in [0.25, 0.3) is 5.69 Å². The number of hydrogen-bond acceptors (Lipinski definition) is 4. The van der Waals surface area contributed by atoms with Gasteiger partial charge in [0, 0.05) is 19.2 Å². The number of aliphatic hydroxyl groups is 1. The van der Waals surface area contributed by atoms with Crippen LogP contribution in [0.25, 0.3) is 0 Å². The van der Waals surface area contributed by atoms with Crippen molar-refractivity contribution in [2.24, 2.45) is 0 Å². The monoisotopic (exact) mass is 222 g/mol. The minimum absolute atomic E-state index is 0.120. The third kappa shape index (κ3) is 1.99. The number of nitro benzene ring substituents is 1. The van der Waals surface area contributed by atoms with E-state index in [1.54, 1.807) is 12.1 Å². The summed E-state index contributed by atoms with van der Waals surface area (Å²) in [4.78, 5) is 12.4. The van der Waals surface area contributed by atoms with Crippen LogP contribution in [-0.4, -0.2) is 29.2 Å². The normalized spacial score (nSPS) is 20.1. The first-order chi connectivity index (χ1) is 7.58. The highest BCUT2D eigenvalue weighted by Crippen LogP contribution is 2.31. The van der Waals surface area contributed by atoms with Crippen molar-refractivity contribution in [2.75, 3.05) is 18.0 Å². The molecule has 0 unspecified atom stereocenters. The van der Waals surface area contributed by atoms with Gasteiger partial charge >= 0.3 is 0 Å². The Morgan fingerprint density at radius 3 is 2.88 bits per heavy atom. The summed E-state index contributed by atoms with van der Waals surface area (Å²) in [5, 5.41) is 20.4. The maximum absolute atomic E-state index is 10.9. The number of β-amino-alcohol motifs (C(OH)–C–C–N with tert-alkyl or cyclic N) is 1. The van der Waals surface area contributed by atoms with Gasteiger partial charge in [-0.2, -0.15) is 0 Å². The van der Waals surface area contributed by atoms with Gasteiger partial charge in [-0.1, -0.05) is 6.07 Å². The second-order valence-corrected chi connectivity index (χ2v) is 4.14. The number of aliphatic hydroxyl groups excluding tert-OH is 1. The Balaban J connectivity index is 2.36. The summed E-state index contributed by atoms with van der Waals surface area (Å²) in [7, 11) is 0. The Kier molecular flexibility index (Phi) is 2.78. The Bertz CT molecular complexity index is 420. The number of hydrogen-bond donors (Lipinski definition) is 1. The molecule has 5 nitrogen and oxygen atoms in total. The lowest BCUT2D eigenvalue weighted by molar-refractivity contribution is -0.384. The predicted molar refractivity (Wildman–Crippen MR) is 60.7 cm³/mol. The molecule has 1 aromatic carbocycles. The second kappa shape index (κ2) is 4.09. The molecule has 1 aliphatic heterocycles. The molecular weight excluding hydrogens is 208 g/mol. The molecule has 86 valence electrons. The van der Waals surface area contributed by atoms with E-state index in [0.29, 0.717) is 25.2 Å². The van der Waals surface area contributed by atoms with Crippen molar-refractivity contribution in [3.63, 3.8) is 0 Å². The SMILES string of the molecule is Cc1ccc(N2CC[C@@H](O)C2)c([N+](=O)[O-])c1. The van der Waals surface area contributed by atoms with E-state index in [1.165, 1.54) is 0 Å². The number of nitrogens with zero attached hydrogens (tertiary/aromatic N) is 2. The van der Waals surface area contributed by atoms with Crippen molar-refractivity contribution in [1.82, 2.24) is 0 Å². The standard InChI is InChI=1S/C11H14N2O3/c1-8-2-3-10(11(6-8)13(15)16)12-5-4-9(14)7-12/h2-3,6,9,14H,4-5,7H2,1H3/t9-/m1/s1. The Labute approximate surface area is 93.5 Å². The molecule has 1 fully saturated rings. The van der Waals surface area contributed by atoms with Gasteiger partial charge < -0.3 is 10.0 Å². The van der Waals surface area contributed by atoms with Crippen LogP contribution in [0.4, 0.5) is 11.4 Å². The quantitative estimate of drug-likeness (QED) is 0.608. The highest BCUT2D eigenvalue weighted by Gasteiger charge is 2.26. The van der Waals surface area contributed by atoms with Crippen molar-refractivity contribution in [2.45, 2.75) is 19.4 Å². The summed E-state index contributed by atoms with van der Waals surface area (Å²) in [6.07, 6.45) is 0.297. The Morgan fingerprint density at radius 2 is 2.31 bits per heavy atom. The number of anilines is 1. The van der Waals surface area contributed by atoms with E-state index >= 15 is 0 Å². The third-order valence-electron chi connectivity index (χ3n) is 2.83. The van der Waals surface area contributed by atoms with Crippen molar-refractivity contribution in [3.8, 4) is 0 Å². The topological polar surface area (TPSA) is 66.6 Å². The predicted octanol–water partition coefficient (Wildman–Crippen LogP) is 1.47. The molecule has 1 saturated heterocycles. The lowest BCUT2D eigenvalue weighted by Gasteiger charge is -2.17. The molecule has 1 N–H and O–H groups in total. The van der Waals surface area contributed by atoms with Gasteiger partial charge in [0.05, 0.1) is 11.0 Å². The average Bonchev–Trinajstić information content (AvgIpc) is 2.64. The van der Waals surface area contributed by atoms with Crippen LogP contribution in [-0.2, 0) is 0 Å². The molecule has 0 bridgehead atoms. The smallest absolute Gasteiger partial charge is 0.292 e. The Morgan fingerprint density at radius 1 is 1.56 bits per heavy atom. The van der Waals surface area contributed by atoms with Crippen LogP contribution in [0, 0.1) is 17.0 Å². The summed E-state index contributed by atoms with van der Waals surface area (Å²) in [5.41, 5.74) is 1.59. The summed E-state index contributed by atoms with van der Waals surface area (Å²) >= 11 is 0. The van der Waals surface area contributed by atoms with Gasteiger partial charge in [0.2, 0.25) is 0 Å². The maximum atomic E-state index is 10.9. The molecular formula is C11H14N2O3. The fourth-order valence-corrected chi connectivity index (χ4v) is 2.01. The van der Waals surface area contributed by atoms with E-state index in [9.17, 15) is 15.2 Å². The summed E-state index contributed by atoms with van der Waals surface area (Å²) in [6, 6.07) is 5.18. The lowest BCUT2D eigenvalue weighted by atomic mass is 10.2. The summed E-state index contributed by atoms with van der Waals surface area (Å²) < 4.78 is 0. The molecule has 1 aliphatic rings. The molecule has 0 aromatic heterocycles. The molecule has 16 heavy (non-hydrogen) atoms. The fourth-order valence-electron chi connectivity index (χ4n) is 2.01. The number of nitro groups is 1. The van der Waals surface area contributed by atoms with Crippen LogP contribution >= 0.6 is 0 Å². The van der Waals surface area contributed by atoms with Crippen molar-refractivity contribution >= 4 is 11.4 Å². The fraction of sp³-hybridized carbons (Fsp3) is 0.455. The van der Waals surface area contributed by atoms with Crippen LogP contribution in [0.5, 0.6) is 0 Å². The van der Waals surface area contributed by atoms with Crippen molar-refractivity contribution < 1.29 is 10.0 Å². The Hall–Kier alpha value is -1.62. The van der Waals surface area contributed by atoms with Crippen molar-refractivity contribution in [3.05, 3.63) is 33.9 Å². The van der Waals surface area contributed by atoms with E-state index < -0.39 is 0 Å². The molecule has 0 radical (unpaired) electrons. The van der Waals surface area contributed by atoms with Gasteiger partial charge in [-0.05, 0) is 25.0 Å². The van der Waals surface area contributed by atoms with Gasteiger partial charge in [-0.3, -0.25) is 10.1 Å². The zero-order valence-electron chi connectivity index (χ0n) is 9.09. The number of rotatable bonds is 2. The van der Waals surface area contributed by atoms with Gasteiger partial charge in [0.1, 0.15) is 5.69 Å². The second-order valence-electron chi connectivity index (χ2n) is 4.14. The summed E-state index contributed by atoms with van der Waals surface area (Å²) in [6.45, 7) is 2.98. The number of benzene rings is 1. The van der Waals surface area contributed by atoms with Crippen LogP contribution in [0.1, 0.15) is 12.0 Å². The van der Waals surface area contributed by atoms with Crippen LogP contribution in [0.3, 0.4) is 0 Å². The first-order valence-electron chi connectivity index (χ1n) is 5.26. The highest BCUT2D eigenvalue weighted by atomic mass is 16.6. The van der Waals surface area contributed by atoms with Gasteiger partial charge in [-0.25, -0.2) is 0 Å². The molecule has 5 heteroatoms. The van der Waals surface area contributed by atoms with Crippen molar-refractivity contribution in [1.29, 1.82) is 0 Å². The average molecular weight is 222 g/mol. The van der Waals surface area contributed by atoms with Crippen LogP contribution in [0.2, 0.25) is 0 Å². The molecule has 0 aliphatic carbocycles. The van der Waals surface area contributed by atoms with E-state index in [0.717, 1.165) is 5.56 Å². The molecule has 0 amide bonds. The van der Waals surface area contributed by atoms with Gasteiger partial charge in [-0.15, -0.1) is 0 Å². The zero-order chi connectivity index (χ0) is 11.7. The van der Waals surface area contributed by atoms with E-state index in [4.69, 9.17) is 0 Å². The van der Waals surface area contributed by atoms with Crippen LogP contribution < -0.4 is 4.90 Å². The minimum Gasteiger partial charge on any atom is -0.391 e. The lowest BCUT2D eigenvalue weighted by Crippen LogP contribution is -2.22. The number of aryl methyl sites for hydroxylation is 1. The van der Waals surface area contributed by atoms with E-state index in [2.05, 4.69) is 0 Å². The molecule has 2 rings (SSSR count). The summed E-state index contributed by atoms with van der Waals surface area (Å²) in [5.74, 6) is 0. The first-order valence-corrected chi connectivity index (χ1v) is 5.26. The van der Waals surface area contributed by atoms with E-state index in [1.807, 2.05) is 17.9 Å². The first kappa shape index (κ1) is 10.9. The minimum atomic E-state index is -0.374. The molecule has 0 spiro atoms. The molecule has 1 atom stereocenters. The van der Waals surface area contributed by atoms with Crippen LogP contribution in [0.15, 0.2) is 18.2 Å². The van der Waals surface area contributed by atoms with E-state index in [-0.39, 0.29) is 16.7 Å². The maximum Gasteiger partial charge on any atom is 0.292 e. The molecule has 1 aromatic rings. The third-order valence-corrected chi connectivity index (χ3v) is 2.83. The van der Waals surface area contributed by atoms with Gasteiger partial charge in [0.15, 0.2) is 0 Å². The zero-order valence-corrected chi connectivity index (χ0v) is 9.09. The molecule has 1 heterocycles. The molecule has 0 saturated carbocycles.